The first kappa shape index (κ1) is 19.6. The molecule has 2 heteroatoms. The van der Waals surface area contributed by atoms with Crippen LogP contribution < -0.4 is 15.1 Å². The number of para-hydroxylation sites is 1. The molecular weight excluding hydrogens is 428 g/mol. The molecule has 34 heavy (non-hydrogen) atoms. The lowest BCUT2D eigenvalue weighted by Crippen LogP contribution is -2.56. The van der Waals surface area contributed by atoms with Gasteiger partial charge in [0.1, 0.15) is 19.6 Å². The van der Waals surface area contributed by atoms with Crippen molar-refractivity contribution in [3.63, 3.8) is 0 Å². The van der Waals surface area contributed by atoms with Gasteiger partial charge in [-0.2, -0.15) is 0 Å². The summed E-state index contributed by atoms with van der Waals surface area (Å²) < 4.78 is 6.56. The van der Waals surface area contributed by atoms with Gasteiger partial charge in [-0.3, -0.25) is 0 Å². The molecule has 1 aliphatic heterocycles. The molecule has 0 atom stereocenters. The fraction of sp³-hybridized carbons (Fsp3) is 0.0625. The summed E-state index contributed by atoms with van der Waals surface area (Å²) in [4.78, 5) is 0. The summed E-state index contributed by atoms with van der Waals surface area (Å²) in [5.74, 6) is 2.02. The van der Waals surface area contributed by atoms with Crippen LogP contribution in [0.25, 0.3) is 44.5 Å². The van der Waals surface area contributed by atoms with Crippen LogP contribution in [0.4, 0.5) is 0 Å². The Kier molecular flexibility index (Phi) is 4.06. The van der Waals surface area contributed by atoms with Crippen molar-refractivity contribution < 1.29 is 4.74 Å². The molecule has 0 bridgehead atoms. The third-order valence-corrected chi connectivity index (χ3v) is 11.0. The average molecular weight is 453 g/mol. The lowest BCUT2D eigenvalue weighted by atomic mass is 9.81. The van der Waals surface area contributed by atoms with E-state index in [-0.39, 0.29) is 0 Å². The van der Waals surface area contributed by atoms with Gasteiger partial charge in [-0.1, -0.05) is 110 Å². The first-order valence-electron chi connectivity index (χ1n) is 11.9. The standard InChI is InChI=1S/C32H24OSi/c1-34(2)31-18-10-9-17-29(31)33-30-19-27-25-15-7-5-13-23(25)21-11-3-4-12-22(21)24-14-6-8-16-26(24)28(27)20-32(30)34/h3-20H,1-2H3. The average Bonchev–Trinajstić information content (AvgIpc) is 2.87. The Morgan fingerprint density at radius 1 is 0.412 bits per heavy atom. The maximum atomic E-state index is 6.56. The summed E-state index contributed by atoms with van der Waals surface area (Å²) in [7, 11) is -1.93. The highest BCUT2D eigenvalue weighted by molar-refractivity contribution is 7.01. The van der Waals surface area contributed by atoms with E-state index in [9.17, 15) is 0 Å². The van der Waals surface area contributed by atoms with Crippen LogP contribution >= 0.6 is 0 Å². The van der Waals surface area contributed by atoms with Gasteiger partial charge < -0.3 is 4.74 Å². The normalized spacial score (nSPS) is 14.1. The van der Waals surface area contributed by atoms with E-state index < -0.39 is 8.07 Å². The monoisotopic (exact) mass is 452 g/mol. The lowest BCUT2D eigenvalue weighted by molar-refractivity contribution is 0.487. The molecule has 0 aromatic heterocycles. The van der Waals surface area contributed by atoms with Gasteiger partial charge in [0.2, 0.25) is 0 Å². The van der Waals surface area contributed by atoms with Gasteiger partial charge in [-0.25, -0.2) is 0 Å². The fourth-order valence-electron chi connectivity index (χ4n) is 5.79. The van der Waals surface area contributed by atoms with Crippen molar-refractivity contribution in [2.24, 2.45) is 0 Å². The zero-order chi connectivity index (χ0) is 22.9. The minimum Gasteiger partial charge on any atom is -0.458 e. The number of rotatable bonds is 0. The molecule has 0 N–H and O–H groups in total. The Balaban J connectivity index is 1.61. The van der Waals surface area contributed by atoms with E-state index in [0.29, 0.717) is 0 Å². The summed E-state index contributed by atoms with van der Waals surface area (Å²) in [5, 5.41) is 2.73. The zero-order valence-corrected chi connectivity index (χ0v) is 20.3. The van der Waals surface area contributed by atoms with Gasteiger partial charge in [0.15, 0.2) is 0 Å². The smallest absolute Gasteiger partial charge is 0.127 e. The number of ether oxygens (including phenoxy) is 1. The predicted molar refractivity (Wildman–Crippen MR) is 145 cm³/mol. The third-order valence-electron chi connectivity index (χ3n) is 7.52. The van der Waals surface area contributed by atoms with E-state index in [1.165, 1.54) is 54.9 Å². The van der Waals surface area contributed by atoms with Crippen molar-refractivity contribution in [1.29, 1.82) is 0 Å². The second-order valence-electron chi connectivity index (χ2n) is 9.75. The minimum absolute atomic E-state index is 1.01. The highest BCUT2D eigenvalue weighted by atomic mass is 28.3. The Morgan fingerprint density at radius 2 is 0.824 bits per heavy atom. The van der Waals surface area contributed by atoms with Gasteiger partial charge in [-0.15, -0.1) is 0 Å². The van der Waals surface area contributed by atoms with Crippen LogP contribution in [0.1, 0.15) is 0 Å². The van der Waals surface area contributed by atoms with Gasteiger partial charge in [0.25, 0.3) is 0 Å². The van der Waals surface area contributed by atoms with E-state index in [1.54, 1.807) is 0 Å². The van der Waals surface area contributed by atoms with E-state index in [2.05, 4.69) is 122 Å². The van der Waals surface area contributed by atoms with E-state index in [1.807, 2.05) is 0 Å². The molecule has 2 aliphatic rings. The molecule has 0 saturated carbocycles. The van der Waals surface area contributed by atoms with Crippen LogP contribution in [0.3, 0.4) is 0 Å². The Bertz CT molecular complexity index is 1610. The van der Waals surface area contributed by atoms with Crippen molar-refractivity contribution in [1.82, 2.24) is 0 Å². The molecule has 1 nitrogen and oxygen atoms in total. The van der Waals surface area contributed by atoms with Crippen LogP contribution in [0.15, 0.2) is 109 Å². The van der Waals surface area contributed by atoms with Crippen LogP contribution in [-0.4, -0.2) is 8.07 Å². The van der Waals surface area contributed by atoms with Crippen LogP contribution in [0, 0.1) is 0 Å². The molecule has 0 radical (unpaired) electrons. The summed E-state index contributed by atoms with van der Waals surface area (Å²) in [6, 6.07) is 39.8. The maximum absolute atomic E-state index is 6.56. The van der Waals surface area contributed by atoms with Crippen molar-refractivity contribution in [2.75, 3.05) is 0 Å². The van der Waals surface area contributed by atoms with Gasteiger partial charge in [0.05, 0.1) is 0 Å². The highest BCUT2D eigenvalue weighted by Crippen LogP contribution is 2.48. The molecule has 0 saturated heterocycles. The number of benzene rings is 5. The van der Waals surface area contributed by atoms with Crippen molar-refractivity contribution in [3.05, 3.63) is 109 Å². The molecule has 5 aromatic rings. The van der Waals surface area contributed by atoms with Crippen LogP contribution in [0.2, 0.25) is 13.1 Å². The molecule has 0 unspecified atom stereocenters. The third kappa shape index (κ3) is 2.66. The molecule has 7 rings (SSSR count). The van der Waals surface area contributed by atoms with Gasteiger partial charge in [0, 0.05) is 0 Å². The second-order valence-corrected chi connectivity index (χ2v) is 14.1. The fourth-order valence-corrected chi connectivity index (χ4v) is 8.59. The molecule has 1 aliphatic carbocycles. The summed E-state index contributed by atoms with van der Waals surface area (Å²) in [5.41, 5.74) is 10.2. The van der Waals surface area contributed by atoms with E-state index >= 15 is 0 Å². The largest absolute Gasteiger partial charge is 0.458 e. The Labute approximate surface area is 201 Å². The maximum Gasteiger partial charge on any atom is 0.127 e. The zero-order valence-electron chi connectivity index (χ0n) is 19.3. The summed E-state index contributed by atoms with van der Waals surface area (Å²) in [6.45, 7) is 4.88. The Hall–Kier alpha value is -3.88. The van der Waals surface area contributed by atoms with E-state index in [4.69, 9.17) is 4.74 Å². The molecular formula is C32H24OSi. The molecule has 1 heterocycles. The first-order chi connectivity index (χ1) is 16.6. The molecule has 162 valence electrons. The Morgan fingerprint density at radius 3 is 1.35 bits per heavy atom. The summed E-state index contributed by atoms with van der Waals surface area (Å²) >= 11 is 0. The number of hydrogen-bond donors (Lipinski definition) is 0. The highest BCUT2D eigenvalue weighted by Gasteiger charge is 2.37. The molecule has 0 spiro atoms. The van der Waals surface area contributed by atoms with Crippen LogP contribution in [-0.2, 0) is 0 Å². The quantitative estimate of drug-likeness (QED) is 0.216. The van der Waals surface area contributed by atoms with Crippen LogP contribution in [0.5, 0.6) is 11.5 Å². The first-order valence-corrected chi connectivity index (χ1v) is 14.9. The molecule has 0 amide bonds. The minimum atomic E-state index is -1.93. The van der Waals surface area contributed by atoms with E-state index in [0.717, 1.165) is 11.5 Å². The summed E-state index contributed by atoms with van der Waals surface area (Å²) in [6.07, 6.45) is 0. The van der Waals surface area contributed by atoms with Crippen molar-refractivity contribution in [3.8, 4) is 56.0 Å². The molecule has 5 aromatic carbocycles. The van der Waals surface area contributed by atoms with Crippen molar-refractivity contribution in [2.45, 2.75) is 13.1 Å². The SMILES string of the molecule is C[Si]1(C)c2ccccc2Oc2cc3c(cc21)-c1ccccc1-c1ccccc1-c1ccccc1-3. The predicted octanol–water partition coefficient (Wildman–Crippen LogP) is 7.60. The number of hydrogen-bond acceptors (Lipinski definition) is 1. The molecule has 0 fully saturated rings. The lowest BCUT2D eigenvalue weighted by Gasteiger charge is -2.34. The van der Waals surface area contributed by atoms with Crippen molar-refractivity contribution >= 4 is 18.4 Å². The van der Waals surface area contributed by atoms with Gasteiger partial charge >= 0.3 is 0 Å². The van der Waals surface area contributed by atoms with Gasteiger partial charge in [-0.05, 0) is 67.0 Å². The topological polar surface area (TPSA) is 9.23 Å². The second kappa shape index (κ2) is 7.06. The number of fused-ring (bicyclic) bond motifs is 10.